The third kappa shape index (κ3) is 3.45. The first-order valence-corrected chi connectivity index (χ1v) is 11.3. The number of anilines is 2. The molecule has 3 heterocycles. The number of ether oxygens (including phenoxy) is 1. The summed E-state index contributed by atoms with van der Waals surface area (Å²) in [6.45, 7) is -0.0105. The number of fused-ring (bicyclic) bond motifs is 2. The first-order valence-electron chi connectivity index (χ1n) is 8.95. The number of thiazole rings is 1. The maximum Gasteiger partial charge on any atom is 0.417 e. The average molecular weight is 458 g/mol. The lowest BCUT2D eigenvalue weighted by Gasteiger charge is -2.26. The minimum atomic E-state index is -3.95. The molecule has 4 aromatic rings. The molecule has 31 heavy (non-hydrogen) atoms. The number of amides is 1. The summed E-state index contributed by atoms with van der Waals surface area (Å²) in [6.07, 6.45) is 0. The number of nitrogens with one attached hydrogen (secondary N) is 2. The highest BCUT2D eigenvalue weighted by molar-refractivity contribution is 7.93. The normalized spacial score (nSPS) is 13.8. The second-order valence-corrected chi connectivity index (χ2v) is 9.28. The third-order valence-corrected chi connectivity index (χ3v) is 6.99. The average Bonchev–Trinajstić information content (AvgIpc) is 3.35. The van der Waals surface area contributed by atoms with Gasteiger partial charge in [0, 0.05) is 24.1 Å². The van der Waals surface area contributed by atoms with Crippen LogP contribution in [0.15, 0.2) is 55.9 Å². The predicted octanol–water partition coefficient (Wildman–Crippen LogP) is 2.40. The number of carbonyl (C=O) groups excluding carboxylic acids is 1. The van der Waals surface area contributed by atoms with Crippen molar-refractivity contribution in [2.75, 3.05) is 23.3 Å². The van der Waals surface area contributed by atoms with Crippen molar-refractivity contribution in [3.63, 3.8) is 0 Å². The number of oxazole rings is 1. The number of carbonyl (C=O) groups is 1. The zero-order chi connectivity index (χ0) is 21.8. The van der Waals surface area contributed by atoms with Crippen molar-refractivity contribution < 1.29 is 22.4 Å². The molecule has 0 saturated carbocycles. The summed E-state index contributed by atoms with van der Waals surface area (Å²) < 4.78 is 38.2. The van der Waals surface area contributed by atoms with Crippen molar-refractivity contribution in [2.45, 2.75) is 4.90 Å². The lowest BCUT2D eigenvalue weighted by atomic mass is 10.1. The van der Waals surface area contributed by atoms with Crippen LogP contribution in [-0.2, 0) is 14.8 Å². The van der Waals surface area contributed by atoms with Gasteiger partial charge >= 0.3 is 5.76 Å². The second kappa shape index (κ2) is 6.96. The fourth-order valence-electron chi connectivity index (χ4n) is 3.15. The Bertz CT molecular complexity index is 1500. The van der Waals surface area contributed by atoms with E-state index in [2.05, 4.69) is 14.7 Å². The number of aromatic nitrogens is 2. The van der Waals surface area contributed by atoms with E-state index in [0.717, 1.165) is 11.3 Å². The summed E-state index contributed by atoms with van der Waals surface area (Å²) in [7, 11) is -2.28. The molecule has 0 atom stereocenters. The molecule has 0 aliphatic carbocycles. The third-order valence-electron chi connectivity index (χ3n) is 4.77. The highest BCUT2D eigenvalue weighted by Crippen LogP contribution is 2.36. The predicted molar refractivity (Wildman–Crippen MR) is 114 cm³/mol. The zero-order valence-electron chi connectivity index (χ0n) is 15.9. The summed E-state index contributed by atoms with van der Waals surface area (Å²) in [4.78, 5) is 31.4. The molecule has 2 aromatic heterocycles. The van der Waals surface area contributed by atoms with Gasteiger partial charge in [-0.2, -0.15) is 0 Å². The summed E-state index contributed by atoms with van der Waals surface area (Å²) in [5, 5.41) is 1.88. The Morgan fingerprint density at radius 2 is 2.03 bits per heavy atom. The van der Waals surface area contributed by atoms with Gasteiger partial charge in [0.1, 0.15) is 5.75 Å². The number of aromatic amines is 1. The highest BCUT2D eigenvalue weighted by atomic mass is 32.2. The molecule has 5 rings (SSSR count). The van der Waals surface area contributed by atoms with Gasteiger partial charge in [0.15, 0.2) is 17.3 Å². The van der Waals surface area contributed by atoms with Gasteiger partial charge in [-0.05, 0) is 30.3 Å². The Balaban J connectivity index is 1.43. The summed E-state index contributed by atoms with van der Waals surface area (Å²) in [6, 6.07) is 9.38. The van der Waals surface area contributed by atoms with Crippen molar-refractivity contribution in [1.29, 1.82) is 0 Å². The minimum absolute atomic E-state index is 0.0105. The molecule has 0 unspecified atom stereocenters. The van der Waals surface area contributed by atoms with E-state index in [1.807, 2.05) is 0 Å². The smallest absolute Gasteiger partial charge is 0.417 e. The summed E-state index contributed by atoms with van der Waals surface area (Å²) >= 11 is 1.12. The Kier molecular flexibility index (Phi) is 4.34. The van der Waals surface area contributed by atoms with Crippen LogP contribution in [0, 0.1) is 0 Å². The van der Waals surface area contributed by atoms with E-state index in [4.69, 9.17) is 9.15 Å². The number of benzene rings is 2. The molecule has 2 aromatic carbocycles. The Hall–Kier alpha value is -3.64. The number of hydrogen-bond donors (Lipinski definition) is 2. The molecular formula is C19H14N4O6S2. The molecule has 12 heteroatoms. The minimum Gasteiger partial charge on any atom is -0.482 e. The van der Waals surface area contributed by atoms with Gasteiger partial charge in [0.05, 0.1) is 21.8 Å². The van der Waals surface area contributed by atoms with Crippen molar-refractivity contribution in [3.8, 4) is 17.0 Å². The zero-order valence-corrected chi connectivity index (χ0v) is 17.5. The van der Waals surface area contributed by atoms with Gasteiger partial charge in [0.2, 0.25) is 0 Å². The van der Waals surface area contributed by atoms with E-state index in [9.17, 15) is 18.0 Å². The number of sulfonamides is 1. The van der Waals surface area contributed by atoms with Crippen LogP contribution in [0.4, 0.5) is 10.8 Å². The quantitative estimate of drug-likeness (QED) is 0.479. The maximum absolute atomic E-state index is 12.7. The Labute approximate surface area is 179 Å². The lowest BCUT2D eigenvalue weighted by molar-refractivity contribution is -0.120. The molecule has 2 N–H and O–H groups in total. The summed E-state index contributed by atoms with van der Waals surface area (Å²) in [5.74, 6) is -0.231. The Morgan fingerprint density at radius 3 is 2.87 bits per heavy atom. The number of H-pyrrole nitrogens is 1. The van der Waals surface area contributed by atoms with Crippen molar-refractivity contribution in [3.05, 3.63) is 52.3 Å². The van der Waals surface area contributed by atoms with E-state index in [-0.39, 0.29) is 28.1 Å². The van der Waals surface area contributed by atoms with E-state index in [1.165, 1.54) is 23.1 Å². The molecule has 0 radical (unpaired) electrons. The summed E-state index contributed by atoms with van der Waals surface area (Å²) in [5.41, 5.74) is 2.42. The van der Waals surface area contributed by atoms with E-state index in [1.54, 1.807) is 30.6 Å². The van der Waals surface area contributed by atoms with Crippen LogP contribution in [-0.4, -0.2) is 37.9 Å². The van der Waals surface area contributed by atoms with Crippen molar-refractivity contribution >= 4 is 49.2 Å². The number of hydrogen-bond acceptors (Lipinski definition) is 8. The maximum atomic E-state index is 12.7. The largest absolute Gasteiger partial charge is 0.482 e. The molecule has 1 aliphatic heterocycles. The van der Waals surface area contributed by atoms with E-state index >= 15 is 0 Å². The van der Waals surface area contributed by atoms with Crippen LogP contribution in [0.3, 0.4) is 0 Å². The molecule has 0 bridgehead atoms. The molecule has 0 fully saturated rings. The molecule has 0 spiro atoms. The molecule has 1 aliphatic rings. The van der Waals surface area contributed by atoms with Gasteiger partial charge in [-0.15, -0.1) is 11.3 Å². The SMILES string of the molecule is CN1C(=O)COc2ccc(-c3csc(NS(=O)(=O)c4ccc5[nH]c(=O)oc5c4)n3)cc21. The van der Waals surface area contributed by atoms with E-state index < -0.39 is 15.8 Å². The standard InChI is InChI=1S/C19H14N4O6S2/c1-23-14-6-10(2-5-15(14)28-8-17(23)24)13-9-30-18(20-13)22-31(26,27)11-3-4-12-16(7-11)29-19(25)21-12/h2-7,9H,8H2,1H3,(H,20,22)(H,21,25). The molecule has 0 saturated heterocycles. The number of rotatable bonds is 4. The van der Waals surface area contributed by atoms with Gasteiger partial charge in [0.25, 0.3) is 15.9 Å². The van der Waals surface area contributed by atoms with Gasteiger partial charge < -0.3 is 14.1 Å². The van der Waals surface area contributed by atoms with Crippen molar-refractivity contribution in [2.24, 2.45) is 0 Å². The molecule has 1 amide bonds. The Morgan fingerprint density at radius 1 is 1.19 bits per heavy atom. The molecule has 158 valence electrons. The fourth-order valence-corrected chi connectivity index (χ4v) is 5.14. The fraction of sp³-hybridized carbons (Fsp3) is 0.105. The van der Waals surface area contributed by atoms with Gasteiger partial charge in [-0.1, -0.05) is 0 Å². The molecule has 10 nitrogen and oxygen atoms in total. The first kappa shape index (κ1) is 19.3. The van der Waals surface area contributed by atoms with Crippen LogP contribution >= 0.6 is 11.3 Å². The highest BCUT2D eigenvalue weighted by Gasteiger charge is 2.23. The second-order valence-electron chi connectivity index (χ2n) is 6.74. The number of likely N-dealkylation sites (N-methyl/N-ethyl adjacent to an activating group) is 1. The van der Waals surface area contributed by atoms with Crippen LogP contribution in [0.2, 0.25) is 0 Å². The van der Waals surface area contributed by atoms with Crippen LogP contribution in [0.5, 0.6) is 5.75 Å². The number of nitrogens with zero attached hydrogens (tertiary/aromatic N) is 2. The lowest BCUT2D eigenvalue weighted by Crippen LogP contribution is -2.35. The van der Waals surface area contributed by atoms with Crippen LogP contribution in [0.25, 0.3) is 22.4 Å². The first-order chi connectivity index (χ1) is 14.8. The van der Waals surface area contributed by atoms with Crippen molar-refractivity contribution in [1.82, 2.24) is 9.97 Å². The van der Waals surface area contributed by atoms with Crippen LogP contribution < -0.4 is 20.1 Å². The molecular weight excluding hydrogens is 444 g/mol. The van der Waals surface area contributed by atoms with Crippen LogP contribution in [0.1, 0.15) is 0 Å². The monoisotopic (exact) mass is 458 g/mol. The topological polar surface area (TPSA) is 135 Å². The van der Waals surface area contributed by atoms with E-state index in [0.29, 0.717) is 28.2 Å². The van der Waals surface area contributed by atoms with Gasteiger partial charge in [-0.3, -0.25) is 14.5 Å². The van der Waals surface area contributed by atoms with Gasteiger partial charge in [-0.25, -0.2) is 18.2 Å².